The second-order valence-electron chi connectivity index (χ2n) is 5.42. The van der Waals surface area contributed by atoms with E-state index >= 15 is 0 Å². The monoisotopic (exact) mass is 347 g/mol. The SMILES string of the molecule is C=CCNC1(c2c(O)ccc(N)c2[N+](=O)[O-])C=CC(N)=CC1[N+](=O)[O-]. The number of nitrogens with one attached hydrogen (secondary N) is 1. The number of allylic oxidation sites excluding steroid dienone is 1. The number of hydrogen-bond donors (Lipinski definition) is 4. The van der Waals surface area contributed by atoms with Gasteiger partial charge in [0.1, 0.15) is 22.5 Å². The summed E-state index contributed by atoms with van der Waals surface area (Å²) in [5.41, 5.74) is 8.61. The van der Waals surface area contributed by atoms with Crippen LogP contribution in [-0.2, 0) is 5.54 Å². The van der Waals surface area contributed by atoms with Crippen molar-refractivity contribution in [2.75, 3.05) is 12.3 Å². The number of phenolic OH excluding ortho intramolecular Hbond substituents is 1. The quantitative estimate of drug-likeness (QED) is 0.193. The van der Waals surface area contributed by atoms with Crippen LogP contribution in [0.1, 0.15) is 5.56 Å². The average Bonchev–Trinajstić information content (AvgIpc) is 2.55. The molecule has 1 aliphatic carbocycles. The Bertz CT molecular complexity index is 804. The molecule has 10 nitrogen and oxygen atoms in total. The molecule has 2 unspecified atom stereocenters. The van der Waals surface area contributed by atoms with Crippen LogP contribution in [0.2, 0.25) is 0 Å². The summed E-state index contributed by atoms with van der Waals surface area (Å²) in [6.45, 7) is 3.61. The summed E-state index contributed by atoms with van der Waals surface area (Å²) in [5.74, 6) is -0.497. The Morgan fingerprint density at radius 3 is 2.60 bits per heavy atom. The number of rotatable bonds is 6. The van der Waals surface area contributed by atoms with Crippen molar-refractivity contribution in [3.05, 3.63) is 74.5 Å². The molecule has 0 saturated heterocycles. The van der Waals surface area contributed by atoms with Crippen LogP contribution in [0.25, 0.3) is 0 Å². The van der Waals surface area contributed by atoms with E-state index in [-0.39, 0.29) is 23.5 Å². The molecule has 6 N–H and O–H groups in total. The van der Waals surface area contributed by atoms with E-state index in [0.29, 0.717) is 0 Å². The molecule has 0 aliphatic heterocycles. The summed E-state index contributed by atoms with van der Waals surface area (Å²) in [5, 5.41) is 36.3. The first-order chi connectivity index (χ1) is 11.7. The van der Waals surface area contributed by atoms with Gasteiger partial charge in [0.2, 0.25) is 0 Å². The van der Waals surface area contributed by atoms with Gasteiger partial charge in [0.05, 0.1) is 4.92 Å². The Balaban J connectivity index is 2.86. The van der Waals surface area contributed by atoms with E-state index in [9.17, 15) is 25.3 Å². The summed E-state index contributed by atoms with van der Waals surface area (Å²) in [6, 6.07) is 0.807. The smallest absolute Gasteiger partial charge is 0.301 e. The first-order valence-corrected chi connectivity index (χ1v) is 7.17. The van der Waals surface area contributed by atoms with Crippen LogP contribution >= 0.6 is 0 Å². The minimum absolute atomic E-state index is 0.0772. The van der Waals surface area contributed by atoms with E-state index in [4.69, 9.17) is 11.5 Å². The lowest BCUT2D eigenvalue weighted by molar-refractivity contribution is -0.521. The van der Waals surface area contributed by atoms with Gasteiger partial charge in [-0.15, -0.1) is 6.58 Å². The number of aromatic hydroxyl groups is 1. The highest BCUT2D eigenvalue weighted by molar-refractivity contribution is 5.70. The first-order valence-electron chi connectivity index (χ1n) is 7.17. The van der Waals surface area contributed by atoms with Crippen LogP contribution in [0.15, 0.2) is 48.7 Å². The Labute approximate surface area is 142 Å². The lowest BCUT2D eigenvalue weighted by Crippen LogP contribution is -2.54. The average molecular weight is 347 g/mol. The molecule has 0 spiro atoms. The Morgan fingerprint density at radius 1 is 1.36 bits per heavy atom. The van der Waals surface area contributed by atoms with Gasteiger partial charge in [-0.2, -0.15) is 0 Å². The Kier molecular flexibility index (Phi) is 4.75. The summed E-state index contributed by atoms with van der Waals surface area (Å²) >= 11 is 0. The molecular weight excluding hydrogens is 330 g/mol. The fourth-order valence-electron chi connectivity index (χ4n) is 2.85. The Morgan fingerprint density at radius 2 is 2.04 bits per heavy atom. The summed E-state index contributed by atoms with van der Waals surface area (Å²) in [7, 11) is 0. The van der Waals surface area contributed by atoms with E-state index in [1.54, 1.807) is 0 Å². The van der Waals surface area contributed by atoms with Crippen LogP contribution in [0.3, 0.4) is 0 Å². The fraction of sp³-hybridized carbons (Fsp3) is 0.200. The molecule has 0 saturated carbocycles. The molecule has 1 aliphatic rings. The van der Waals surface area contributed by atoms with Gasteiger partial charge in [-0.1, -0.05) is 12.2 Å². The van der Waals surface area contributed by atoms with Gasteiger partial charge in [0, 0.05) is 23.2 Å². The normalized spacial score (nSPS) is 22.2. The molecule has 2 atom stereocenters. The number of phenols is 1. The van der Waals surface area contributed by atoms with E-state index in [0.717, 1.165) is 18.2 Å². The largest absolute Gasteiger partial charge is 0.507 e. The molecule has 1 aromatic carbocycles. The van der Waals surface area contributed by atoms with E-state index in [1.165, 1.54) is 18.2 Å². The number of nitrogen functional groups attached to an aromatic ring is 1. The summed E-state index contributed by atoms with van der Waals surface area (Å²) < 4.78 is 0. The second kappa shape index (κ2) is 6.61. The molecule has 0 fully saturated rings. The fourth-order valence-corrected chi connectivity index (χ4v) is 2.85. The van der Waals surface area contributed by atoms with E-state index in [1.807, 2.05) is 0 Å². The Hall–Kier alpha value is -3.40. The molecule has 0 bridgehead atoms. The number of nitrogens with zero attached hydrogens (tertiary/aromatic N) is 2. The number of benzene rings is 1. The van der Waals surface area contributed by atoms with Crippen LogP contribution in [-0.4, -0.2) is 27.5 Å². The zero-order valence-corrected chi connectivity index (χ0v) is 13.1. The van der Waals surface area contributed by atoms with Crippen LogP contribution < -0.4 is 16.8 Å². The molecule has 0 amide bonds. The molecule has 0 aromatic heterocycles. The minimum atomic E-state index is -1.73. The molecule has 1 aromatic rings. The van der Waals surface area contributed by atoms with Crippen molar-refractivity contribution in [1.29, 1.82) is 0 Å². The summed E-state index contributed by atoms with van der Waals surface area (Å²) in [6.07, 6.45) is 5.29. The lowest BCUT2D eigenvalue weighted by atomic mass is 9.77. The van der Waals surface area contributed by atoms with E-state index < -0.39 is 32.9 Å². The highest BCUT2D eigenvalue weighted by Crippen LogP contribution is 2.45. The van der Waals surface area contributed by atoms with Crippen LogP contribution in [0.5, 0.6) is 5.75 Å². The highest BCUT2D eigenvalue weighted by Gasteiger charge is 2.52. The number of nitro groups is 2. The first kappa shape index (κ1) is 17.9. The number of hydrogen-bond acceptors (Lipinski definition) is 8. The van der Waals surface area contributed by atoms with Gasteiger partial charge in [-0.25, -0.2) is 0 Å². The topological polar surface area (TPSA) is 171 Å². The van der Waals surface area contributed by atoms with Crippen molar-refractivity contribution in [3.63, 3.8) is 0 Å². The molecule has 0 heterocycles. The molecule has 0 radical (unpaired) electrons. The number of nitrogens with two attached hydrogens (primary N) is 2. The van der Waals surface area contributed by atoms with Gasteiger partial charge < -0.3 is 16.6 Å². The van der Waals surface area contributed by atoms with Crippen molar-refractivity contribution in [3.8, 4) is 5.75 Å². The van der Waals surface area contributed by atoms with E-state index in [2.05, 4.69) is 11.9 Å². The molecule has 10 heteroatoms. The number of anilines is 1. The highest BCUT2D eigenvalue weighted by atomic mass is 16.6. The van der Waals surface area contributed by atoms with Crippen molar-refractivity contribution in [1.82, 2.24) is 5.32 Å². The van der Waals surface area contributed by atoms with Crippen LogP contribution in [0.4, 0.5) is 11.4 Å². The van der Waals surface area contributed by atoms with Crippen molar-refractivity contribution in [2.24, 2.45) is 5.73 Å². The van der Waals surface area contributed by atoms with Gasteiger partial charge in [-0.3, -0.25) is 25.5 Å². The third kappa shape index (κ3) is 3.02. The second-order valence-corrected chi connectivity index (χ2v) is 5.42. The van der Waals surface area contributed by atoms with Crippen molar-refractivity contribution >= 4 is 11.4 Å². The zero-order valence-electron chi connectivity index (χ0n) is 13.1. The van der Waals surface area contributed by atoms with Crippen LogP contribution in [0, 0.1) is 20.2 Å². The number of nitro benzene ring substituents is 1. The van der Waals surface area contributed by atoms with Crippen molar-refractivity contribution in [2.45, 2.75) is 11.6 Å². The minimum Gasteiger partial charge on any atom is -0.507 e. The predicted octanol–water partition coefficient (Wildman–Crippen LogP) is 0.911. The molecule has 25 heavy (non-hydrogen) atoms. The van der Waals surface area contributed by atoms with Gasteiger partial charge in [0.25, 0.3) is 6.04 Å². The maximum absolute atomic E-state index is 11.7. The van der Waals surface area contributed by atoms with Crippen molar-refractivity contribution < 1.29 is 15.0 Å². The van der Waals surface area contributed by atoms with Gasteiger partial charge >= 0.3 is 5.69 Å². The molecule has 2 rings (SSSR count). The molecule has 132 valence electrons. The summed E-state index contributed by atoms with van der Waals surface area (Å²) in [4.78, 5) is 21.8. The third-order valence-electron chi connectivity index (χ3n) is 3.90. The standard InChI is InChI=1S/C15H17N5O5/c1-2-7-18-15(6-5-9(16)8-12(15)19(22)23)13-11(21)4-3-10(17)14(13)20(24)25/h2-6,8,12,18,21H,1,7,16-17H2. The lowest BCUT2D eigenvalue weighted by Gasteiger charge is -2.35. The maximum Gasteiger partial charge on any atom is 0.301 e. The maximum atomic E-state index is 11.7. The predicted molar refractivity (Wildman–Crippen MR) is 91.2 cm³/mol. The molecular formula is C15H17N5O5. The zero-order chi connectivity index (χ0) is 18.8. The van der Waals surface area contributed by atoms with Gasteiger partial charge in [0.15, 0.2) is 0 Å². The van der Waals surface area contributed by atoms with Gasteiger partial charge in [-0.05, 0) is 18.2 Å². The third-order valence-corrected chi connectivity index (χ3v) is 3.90.